The van der Waals surface area contributed by atoms with E-state index < -0.39 is 0 Å². The third-order valence-corrected chi connectivity index (χ3v) is 3.84. The van der Waals surface area contributed by atoms with Gasteiger partial charge in [0.25, 0.3) is 0 Å². The second kappa shape index (κ2) is 6.07. The van der Waals surface area contributed by atoms with Gasteiger partial charge in [0.15, 0.2) is 0 Å². The average molecular weight is 270 g/mol. The molecular weight excluding hydrogens is 248 g/mol. The van der Waals surface area contributed by atoms with Crippen LogP contribution in [0.25, 0.3) is 0 Å². The molecule has 0 aliphatic heterocycles. The topological polar surface area (TPSA) is 42.7 Å². The zero-order valence-electron chi connectivity index (χ0n) is 12.1. The van der Waals surface area contributed by atoms with E-state index in [2.05, 4.69) is 38.9 Å². The molecule has 0 unspecified atom stereocenters. The van der Waals surface area contributed by atoms with Crippen LogP contribution in [0.5, 0.6) is 0 Å². The van der Waals surface area contributed by atoms with Crippen molar-refractivity contribution in [3.05, 3.63) is 41.6 Å². The largest absolute Gasteiger partial charge is 0.370 e. The van der Waals surface area contributed by atoms with Gasteiger partial charge in [-0.3, -0.25) is 0 Å². The molecule has 1 aliphatic carbocycles. The predicted octanol–water partition coefficient (Wildman–Crippen LogP) is 3.03. The highest BCUT2D eigenvalue weighted by atomic mass is 15.1. The molecule has 4 heteroatoms. The Balaban J connectivity index is 1.75. The Morgan fingerprint density at radius 2 is 2.15 bits per heavy atom. The Hall–Kier alpha value is -1.84. The van der Waals surface area contributed by atoms with Crippen molar-refractivity contribution in [2.45, 2.75) is 45.6 Å². The number of nitrogens with zero attached hydrogens (tertiary/aromatic N) is 3. The van der Waals surface area contributed by atoms with Crippen LogP contribution in [0.4, 0.5) is 5.82 Å². The molecule has 0 saturated heterocycles. The maximum atomic E-state index is 4.56. The smallest absolute Gasteiger partial charge is 0.126 e. The van der Waals surface area contributed by atoms with Crippen molar-refractivity contribution in [3.63, 3.8) is 0 Å². The molecule has 4 nitrogen and oxygen atoms in total. The van der Waals surface area contributed by atoms with Crippen LogP contribution in [-0.4, -0.2) is 21.1 Å². The van der Waals surface area contributed by atoms with Crippen molar-refractivity contribution >= 4 is 5.82 Å². The molecule has 0 atom stereocenters. The molecule has 0 bridgehead atoms. The monoisotopic (exact) mass is 270 g/mol. The summed E-state index contributed by atoms with van der Waals surface area (Å²) in [5.41, 5.74) is 4.01. The summed E-state index contributed by atoms with van der Waals surface area (Å²) in [7, 11) is 0. The van der Waals surface area contributed by atoms with Gasteiger partial charge in [-0.1, -0.05) is 6.92 Å². The second-order valence-corrected chi connectivity index (χ2v) is 5.45. The highest BCUT2D eigenvalue weighted by Gasteiger charge is 2.15. The van der Waals surface area contributed by atoms with Crippen molar-refractivity contribution < 1.29 is 0 Å². The fourth-order valence-corrected chi connectivity index (χ4v) is 2.79. The number of imidazole rings is 1. The summed E-state index contributed by atoms with van der Waals surface area (Å²) >= 11 is 0. The molecule has 3 rings (SSSR count). The van der Waals surface area contributed by atoms with Gasteiger partial charge in [-0.15, -0.1) is 0 Å². The number of hydrogen-bond donors (Lipinski definition) is 1. The van der Waals surface area contributed by atoms with Crippen molar-refractivity contribution in [1.29, 1.82) is 0 Å². The number of aromatic nitrogens is 3. The molecular formula is C16H22N4. The number of anilines is 1. The van der Waals surface area contributed by atoms with E-state index in [4.69, 9.17) is 0 Å². The minimum Gasteiger partial charge on any atom is -0.370 e. The Labute approximate surface area is 120 Å². The SMILES string of the molecule is CCCNc1cc(Cn2cnc3c2CCCC3)ccn1. The maximum absolute atomic E-state index is 4.56. The number of rotatable bonds is 5. The summed E-state index contributed by atoms with van der Waals surface area (Å²) in [6.45, 7) is 4.03. The van der Waals surface area contributed by atoms with E-state index in [1.165, 1.54) is 36.2 Å². The van der Waals surface area contributed by atoms with Gasteiger partial charge in [-0.2, -0.15) is 0 Å². The van der Waals surface area contributed by atoms with E-state index in [-0.39, 0.29) is 0 Å². The van der Waals surface area contributed by atoms with Crippen LogP contribution in [0, 0.1) is 0 Å². The van der Waals surface area contributed by atoms with Gasteiger partial charge in [-0.05, 0) is 49.8 Å². The minimum atomic E-state index is 0.895. The Bertz CT molecular complexity index is 574. The van der Waals surface area contributed by atoms with E-state index in [1.54, 1.807) is 0 Å². The molecule has 1 N–H and O–H groups in total. The lowest BCUT2D eigenvalue weighted by atomic mass is 10.0. The highest BCUT2D eigenvalue weighted by Crippen LogP contribution is 2.21. The first-order valence-electron chi connectivity index (χ1n) is 7.58. The number of pyridine rings is 1. The second-order valence-electron chi connectivity index (χ2n) is 5.45. The molecule has 1 aliphatic rings. The Morgan fingerprint density at radius 1 is 1.25 bits per heavy atom. The summed E-state index contributed by atoms with van der Waals surface area (Å²) in [6.07, 6.45) is 9.87. The fourth-order valence-electron chi connectivity index (χ4n) is 2.79. The summed E-state index contributed by atoms with van der Waals surface area (Å²) in [4.78, 5) is 8.91. The summed E-state index contributed by atoms with van der Waals surface area (Å²) < 4.78 is 2.30. The lowest BCUT2D eigenvalue weighted by Gasteiger charge is -2.14. The van der Waals surface area contributed by atoms with Crippen molar-refractivity contribution in [2.24, 2.45) is 0 Å². The summed E-state index contributed by atoms with van der Waals surface area (Å²) in [5.74, 6) is 0.971. The average Bonchev–Trinajstić information content (AvgIpc) is 2.89. The quantitative estimate of drug-likeness (QED) is 0.908. The molecule has 0 fully saturated rings. The van der Waals surface area contributed by atoms with E-state index in [1.807, 2.05) is 12.5 Å². The number of aryl methyl sites for hydroxylation is 1. The lowest BCUT2D eigenvalue weighted by Crippen LogP contribution is -2.09. The molecule has 0 radical (unpaired) electrons. The summed E-state index contributed by atoms with van der Waals surface area (Å²) in [5, 5.41) is 3.34. The number of hydrogen-bond acceptors (Lipinski definition) is 3. The van der Waals surface area contributed by atoms with Gasteiger partial charge in [0.1, 0.15) is 5.82 Å². The fraction of sp³-hybridized carbons (Fsp3) is 0.500. The van der Waals surface area contributed by atoms with Crippen LogP contribution in [0.3, 0.4) is 0 Å². The Morgan fingerprint density at radius 3 is 3.05 bits per heavy atom. The van der Waals surface area contributed by atoms with Crippen LogP contribution in [-0.2, 0) is 19.4 Å². The third kappa shape index (κ3) is 2.84. The molecule has 0 amide bonds. The van der Waals surface area contributed by atoms with Crippen LogP contribution in [0.2, 0.25) is 0 Å². The van der Waals surface area contributed by atoms with Gasteiger partial charge in [-0.25, -0.2) is 9.97 Å². The highest BCUT2D eigenvalue weighted by molar-refractivity contribution is 5.37. The molecule has 0 spiro atoms. The van der Waals surface area contributed by atoms with E-state index >= 15 is 0 Å². The van der Waals surface area contributed by atoms with Crippen LogP contribution < -0.4 is 5.32 Å². The van der Waals surface area contributed by atoms with Gasteiger partial charge < -0.3 is 9.88 Å². The molecule has 2 aromatic rings. The van der Waals surface area contributed by atoms with Gasteiger partial charge in [0.2, 0.25) is 0 Å². The minimum absolute atomic E-state index is 0.895. The number of fused-ring (bicyclic) bond motifs is 1. The van der Waals surface area contributed by atoms with Crippen molar-refractivity contribution in [3.8, 4) is 0 Å². The van der Waals surface area contributed by atoms with Crippen LogP contribution >= 0.6 is 0 Å². The van der Waals surface area contributed by atoms with Crippen molar-refractivity contribution in [1.82, 2.24) is 14.5 Å². The van der Waals surface area contributed by atoms with E-state index in [9.17, 15) is 0 Å². The zero-order chi connectivity index (χ0) is 13.8. The first-order valence-corrected chi connectivity index (χ1v) is 7.58. The van der Waals surface area contributed by atoms with Crippen LogP contribution in [0.15, 0.2) is 24.7 Å². The zero-order valence-corrected chi connectivity index (χ0v) is 12.1. The first-order chi connectivity index (χ1) is 9.86. The van der Waals surface area contributed by atoms with E-state index in [0.717, 1.165) is 31.7 Å². The molecule has 2 aromatic heterocycles. The van der Waals surface area contributed by atoms with Gasteiger partial charge >= 0.3 is 0 Å². The lowest BCUT2D eigenvalue weighted by molar-refractivity contribution is 0.628. The molecule has 2 heterocycles. The molecule has 0 saturated carbocycles. The summed E-state index contributed by atoms with van der Waals surface area (Å²) in [6, 6.07) is 4.23. The standard InChI is InChI=1S/C16H22N4/c1-2-8-17-16-10-13(7-9-18-16)11-20-12-19-14-5-3-4-6-15(14)20/h7,9-10,12H,2-6,8,11H2,1H3,(H,17,18). The van der Waals surface area contributed by atoms with Crippen molar-refractivity contribution in [2.75, 3.05) is 11.9 Å². The predicted molar refractivity (Wildman–Crippen MR) is 81.0 cm³/mol. The normalized spacial score (nSPS) is 14.1. The molecule has 0 aromatic carbocycles. The van der Waals surface area contributed by atoms with E-state index in [0.29, 0.717) is 0 Å². The van der Waals surface area contributed by atoms with Gasteiger partial charge in [0.05, 0.1) is 12.0 Å². The molecule has 20 heavy (non-hydrogen) atoms. The number of nitrogens with one attached hydrogen (secondary N) is 1. The van der Waals surface area contributed by atoms with Gasteiger partial charge in [0, 0.05) is 25.0 Å². The molecule has 106 valence electrons. The van der Waals surface area contributed by atoms with Crippen LogP contribution in [0.1, 0.15) is 43.1 Å². The maximum Gasteiger partial charge on any atom is 0.126 e. The Kier molecular flexibility index (Phi) is 4.00. The first kappa shape index (κ1) is 13.2. The third-order valence-electron chi connectivity index (χ3n) is 3.84.